The molecule has 0 N–H and O–H groups in total. The van der Waals surface area contributed by atoms with Crippen LogP contribution >= 0.6 is 11.3 Å². The summed E-state index contributed by atoms with van der Waals surface area (Å²) in [5.41, 5.74) is 2.10. The van der Waals surface area contributed by atoms with E-state index >= 15 is 0 Å². The Morgan fingerprint density at radius 1 is 1.05 bits per heavy atom. The van der Waals surface area contributed by atoms with Crippen LogP contribution in [-0.4, -0.2) is 38.5 Å². The number of rotatable bonds is 8. The van der Waals surface area contributed by atoms with E-state index in [4.69, 9.17) is 18.9 Å². The number of nitrogens with zero attached hydrogens (tertiary/aromatic N) is 2. The van der Waals surface area contributed by atoms with Gasteiger partial charge in [-0.3, -0.25) is 9.36 Å². The number of benzene rings is 2. The minimum atomic E-state index is -0.740. The minimum Gasteiger partial charge on any atom is -0.496 e. The van der Waals surface area contributed by atoms with Crippen molar-refractivity contribution in [1.29, 1.82) is 0 Å². The predicted molar refractivity (Wildman–Crippen MR) is 143 cm³/mol. The number of carbonyl (C=O) groups excluding carboxylic acids is 1. The Kier molecular flexibility index (Phi) is 7.93. The summed E-state index contributed by atoms with van der Waals surface area (Å²) < 4.78 is 23.6. The van der Waals surface area contributed by atoms with E-state index in [1.807, 2.05) is 36.4 Å². The minimum absolute atomic E-state index is 0.201. The van der Waals surface area contributed by atoms with E-state index in [0.717, 1.165) is 11.3 Å². The molecule has 0 radical (unpaired) electrons. The summed E-state index contributed by atoms with van der Waals surface area (Å²) in [5.74, 6) is 1.24. The molecule has 4 rings (SSSR count). The van der Waals surface area contributed by atoms with Gasteiger partial charge in [0.2, 0.25) is 0 Å². The molecule has 0 saturated carbocycles. The highest BCUT2D eigenvalue weighted by Crippen LogP contribution is 2.36. The number of hydrogen-bond donors (Lipinski definition) is 0. The van der Waals surface area contributed by atoms with Crippen LogP contribution in [0.4, 0.5) is 0 Å². The summed E-state index contributed by atoms with van der Waals surface area (Å²) in [6.07, 6.45) is 5.42. The maximum Gasteiger partial charge on any atom is 0.338 e. The van der Waals surface area contributed by atoms with Crippen molar-refractivity contribution in [3.63, 3.8) is 0 Å². The lowest BCUT2D eigenvalue weighted by atomic mass is 9.95. The molecule has 2 aromatic carbocycles. The average Bonchev–Trinajstić information content (AvgIpc) is 3.22. The summed E-state index contributed by atoms with van der Waals surface area (Å²) in [7, 11) is 4.70. The number of thiazole rings is 1. The number of fused-ring (bicyclic) bond motifs is 1. The summed E-state index contributed by atoms with van der Waals surface area (Å²) in [6.45, 7) is 3.69. The maximum atomic E-state index is 13.7. The first-order valence-corrected chi connectivity index (χ1v) is 12.5. The first-order chi connectivity index (χ1) is 17.9. The van der Waals surface area contributed by atoms with Gasteiger partial charge < -0.3 is 18.9 Å². The first-order valence-electron chi connectivity index (χ1n) is 11.6. The molecule has 3 aromatic rings. The van der Waals surface area contributed by atoms with Crippen molar-refractivity contribution < 1.29 is 23.7 Å². The van der Waals surface area contributed by atoms with Gasteiger partial charge in [-0.05, 0) is 43.7 Å². The number of methoxy groups -OCH3 is 3. The molecule has 0 amide bonds. The normalized spacial score (nSPS) is 15.4. The molecule has 1 atom stereocenters. The molecule has 9 heteroatoms. The van der Waals surface area contributed by atoms with Crippen LogP contribution in [0.15, 0.2) is 69.6 Å². The second-order valence-corrected chi connectivity index (χ2v) is 9.05. The van der Waals surface area contributed by atoms with E-state index < -0.39 is 12.0 Å². The van der Waals surface area contributed by atoms with Crippen LogP contribution in [0.2, 0.25) is 0 Å². The largest absolute Gasteiger partial charge is 0.496 e. The van der Waals surface area contributed by atoms with Crippen LogP contribution in [0.25, 0.3) is 12.2 Å². The van der Waals surface area contributed by atoms with Crippen molar-refractivity contribution in [1.82, 2.24) is 4.57 Å². The zero-order chi connectivity index (χ0) is 26.5. The molecule has 1 aromatic heterocycles. The number of carbonyl (C=O) groups is 1. The van der Waals surface area contributed by atoms with Gasteiger partial charge in [0.05, 0.1) is 49.8 Å². The third-order valence-electron chi connectivity index (χ3n) is 5.90. The molecule has 1 aliphatic rings. The summed E-state index contributed by atoms with van der Waals surface area (Å²) in [6, 6.07) is 12.2. The molecular weight excluding hydrogens is 492 g/mol. The van der Waals surface area contributed by atoms with Gasteiger partial charge in [-0.25, -0.2) is 9.79 Å². The molecule has 0 fully saturated rings. The Morgan fingerprint density at radius 3 is 2.49 bits per heavy atom. The molecule has 192 valence electrons. The van der Waals surface area contributed by atoms with Gasteiger partial charge in [-0.15, -0.1) is 0 Å². The molecule has 0 spiro atoms. The molecule has 2 heterocycles. The lowest BCUT2D eigenvalue weighted by Crippen LogP contribution is -2.39. The number of hydrogen-bond acceptors (Lipinski definition) is 8. The smallest absolute Gasteiger partial charge is 0.338 e. The van der Waals surface area contributed by atoms with Crippen LogP contribution in [0.1, 0.15) is 31.0 Å². The molecule has 1 unspecified atom stereocenters. The standard InChI is InChI=1S/C28H28N2O6S/c1-6-36-27(32)24-17(2)29-28-30(25(24)19-14-15-21(34-4)22(16-19)35-5)26(31)23(37-28)13-9-11-18-10-7-8-12-20(18)33-3/h7-16,25H,6H2,1-5H3. The predicted octanol–water partition coefficient (Wildman–Crippen LogP) is 3.49. The van der Waals surface area contributed by atoms with Gasteiger partial charge in [-0.2, -0.15) is 0 Å². The third-order valence-corrected chi connectivity index (χ3v) is 6.90. The van der Waals surface area contributed by atoms with Crippen LogP contribution < -0.4 is 29.1 Å². The van der Waals surface area contributed by atoms with E-state index in [0.29, 0.717) is 37.7 Å². The van der Waals surface area contributed by atoms with Crippen LogP contribution in [0.5, 0.6) is 17.2 Å². The Hall–Kier alpha value is -4.11. The summed E-state index contributed by atoms with van der Waals surface area (Å²) in [4.78, 5) is 31.8. The summed E-state index contributed by atoms with van der Waals surface area (Å²) >= 11 is 1.26. The van der Waals surface area contributed by atoms with Crippen molar-refractivity contribution >= 4 is 29.5 Å². The SMILES string of the molecule is CCOC(=O)C1=C(C)N=c2sc(=CC=Cc3ccccc3OC)c(=O)n2C1c1ccc(OC)c(OC)c1. The molecule has 0 aliphatic carbocycles. The zero-order valence-corrected chi connectivity index (χ0v) is 22.1. The number of para-hydroxylation sites is 1. The Bertz CT molecular complexity index is 1560. The number of esters is 1. The molecular formula is C28H28N2O6S. The lowest BCUT2D eigenvalue weighted by Gasteiger charge is -2.25. The fraction of sp³-hybridized carbons (Fsp3) is 0.250. The molecule has 0 bridgehead atoms. The number of ether oxygens (including phenoxy) is 4. The Labute approximate surface area is 218 Å². The van der Waals surface area contributed by atoms with Crippen molar-refractivity contribution in [2.75, 3.05) is 27.9 Å². The molecule has 8 nitrogen and oxygen atoms in total. The molecule has 1 aliphatic heterocycles. The second-order valence-electron chi connectivity index (χ2n) is 8.04. The lowest BCUT2D eigenvalue weighted by molar-refractivity contribution is -0.139. The Balaban J connectivity index is 1.88. The number of allylic oxidation sites excluding steroid dienone is 2. The zero-order valence-electron chi connectivity index (χ0n) is 21.3. The van der Waals surface area contributed by atoms with Crippen molar-refractivity contribution in [2.24, 2.45) is 4.99 Å². The highest BCUT2D eigenvalue weighted by molar-refractivity contribution is 7.07. The van der Waals surface area contributed by atoms with Gasteiger partial charge >= 0.3 is 5.97 Å². The van der Waals surface area contributed by atoms with Crippen molar-refractivity contribution in [2.45, 2.75) is 19.9 Å². The van der Waals surface area contributed by atoms with Gasteiger partial charge in [0.15, 0.2) is 16.3 Å². The fourth-order valence-electron chi connectivity index (χ4n) is 4.19. The number of aromatic nitrogens is 1. The quantitative estimate of drug-likeness (QED) is 0.423. The molecule has 0 saturated heterocycles. The van der Waals surface area contributed by atoms with E-state index in [1.54, 1.807) is 52.4 Å². The van der Waals surface area contributed by atoms with E-state index in [-0.39, 0.29) is 12.2 Å². The molecule has 37 heavy (non-hydrogen) atoms. The third kappa shape index (κ3) is 5.08. The topological polar surface area (TPSA) is 88.4 Å². The second kappa shape index (κ2) is 11.3. The average molecular weight is 521 g/mol. The van der Waals surface area contributed by atoms with Crippen LogP contribution in [0, 0.1) is 0 Å². The maximum absolute atomic E-state index is 13.7. The van der Waals surface area contributed by atoms with Crippen molar-refractivity contribution in [3.8, 4) is 17.2 Å². The van der Waals surface area contributed by atoms with Crippen LogP contribution in [0.3, 0.4) is 0 Å². The van der Waals surface area contributed by atoms with Gasteiger partial charge in [-0.1, -0.05) is 47.8 Å². The Morgan fingerprint density at radius 2 is 1.78 bits per heavy atom. The highest BCUT2D eigenvalue weighted by atomic mass is 32.1. The van der Waals surface area contributed by atoms with Crippen LogP contribution in [-0.2, 0) is 9.53 Å². The van der Waals surface area contributed by atoms with Gasteiger partial charge in [0, 0.05) is 5.56 Å². The highest BCUT2D eigenvalue weighted by Gasteiger charge is 2.33. The van der Waals surface area contributed by atoms with E-state index in [9.17, 15) is 9.59 Å². The summed E-state index contributed by atoms with van der Waals surface area (Å²) in [5, 5.41) is 0. The van der Waals surface area contributed by atoms with Gasteiger partial charge in [0.25, 0.3) is 5.56 Å². The van der Waals surface area contributed by atoms with E-state index in [2.05, 4.69) is 4.99 Å². The van der Waals surface area contributed by atoms with E-state index in [1.165, 1.54) is 23.0 Å². The fourth-order valence-corrected chi connectivity index (χ4v) is 5.19. The van der Waals surface area contributed by atoms with Gasteiger partial charge in [0.1, 0.15) is 5.75 Å². The first kappa shape index (κ1) is 26.0. The monoisotopic (exact) mass is 520 g/mol. The van der Waals surface area contributed by atoms with Crippen molar-refractivity contribution in [3.05, 3.63) is 90.6 Å².